The Morgan fingerprint density at radius 3 is 2.67 bits per heavy atom. The highest BCUT2D eigenvalue weighted by Crippen LogP contribution is 2.28. The van der Waals surface area contributed by atoms with Gasteiger partial charge in [-0.3, -0.25) is 0 Å². The minimum atomic E-state index is -0.386. The molecule has 3 nitrogen and oxygen atoms in total. The van der Waals surface area contributed by atoms with Crippen LogP contribution in [0.3, 0.4) is 0 Å². The number of carbonyl (C=O) groups excluding carboxylic acids is 1. The van der Waals surface area contributed by atoms with Crippen molar-refractivity contribution in [3.8, 4) is 11.3 Å². The van der Waals surface area contributed by atoms with E-state index in [0.717, 1.165) is 4.88 Å². The van der Waals surface area contributed by atoms with E-state index in [4.69, 9.17) is 4.74 Å². The average Bonchev–Trinajstić information content (AvgIpc) is 2.72. The van der Waals surface area contributed by atoms with Gasteiger partial charge in [-0.25, -0.2) is 9.18 Å². The third-order valence-corrected chi connectivity index (χ3v) is 3.21. The minimum Gasteiger partial charge on any atom is -0.462 e. The molecule has 0 N–H and O–H groups in total. The maximum absolute atomic E-state index is 12.9. The zero-order valence-corrected chi connectivity index (χ0v) is 10.9. The van der Waals surface area contributed by atoms with Gasteiger partial charge in [0.15, 0.2) is 0 Å². The van der Waals surface area contributed by atoms with E-state index in [9.17, 15) is 9.18 Å². The smallest absolute Gasteiger partial charge is 0.341 e. The molecule has 0 bridgehead atoms. The first-order valence-electron chi connectivity index (χ1n) is 5.52. The number of hydrogen-bond acceptors (Lipinski definition) is 4. The molecule has 0 saturated carbocycles. The summed E-state index contributed by atoms with van der Waals surface area (Å²) in [5.74, 6) is -0.702. The molecule has 0 saturated heterocycles. The first kappa shape index (κ1) is 12.7. The number of rotatable bonds is 3. The van der Waals surface area contributed by atoms with E-state index in [1.165, 1.54) is 23.7 Å². The van der Waals surface area contributed by atoms with Gasteiger partial charge >= 0.3 is 5.97 Å². The standard InChI is InChI=1S/C13H12FNO2S/c1-3-17-13(16)11-8(2)18-15-12(11)9-4-6-10(14)7-5-9/h4-7H,3H2,1-2H3. The number of hydrogen-bond donors (Lipinski definition) is 0. The monoisotopic (exact) mass is 265 g/mol. The maximum Gasteiger partial charge on any atom is 0.341 e. The molecule has 1 aromatic carbocycles. The van der Waals surface area contributed by atoms with Crippen LogP contribution in [-0.4, -0.2) is 16.9 Å². The summed E-state index contributed by atoms with van der Waals surface area (Å²) in [6.45, 7) is 3.89. The van der Waals surface area contributed by atoms with Gasteiger partial charge in [0, 0.05) is 10.4 Å². The predicted octanol–water partition coefficient (Wildman–Crippen LogP) is 3.43. The fourth-order valence-electron chi connectivity index (χ4n) is 1.62. The maximum atomic E-state index is 12.9. The first-order chi connectivity index (χ1) is 8.63. The number of nitrogens with zero attached hydrogens (tertiary/aromatic N) is 1. The lowest BCUT2D eigenvalue weighted by Gasteiger charge is -2.04. The molecule has 1 aromatic heterocycles. The molecule has 0 radical (unpaired) electrons. The van der Waals surface area contributed by atoms with Crippen LogP contribution < -0.4 is 0 Å². The summed E-state index contributed by atoms with van der Waals surface area (Å²) in [4.78, 5) is 12.7. The molecule has 0 aliphatic carbocycles. The molecule has 94 valence electrons. The molecule has 18 heavy (non-hydrogen) atoms. The highest BCUT2D eigenvalue weighted by atomic mass is 32.1. The molecule has 1 heterocycles. The van der Waals surface area contributed by atoms with Crippen LogP contribution in [0.5, 0.6) is 0 Å². The largest absolute Gasteiger partial charge is 0.462 e. The summed E-state index contributed by atoms with van der Waals surface area (Å²) >= 11 is 1.24. The molecule has 0 aliphatic heterocycles. The molecule has 0 fully saturated rings. The molecule has 5 heteroatoms. The normalized spacial score (nSPS) is 10.4. The van der Waals surface area contributed by atoms with Crippen LogP contribution in [0.4, 0.5) is 4.39 Å². The number of benzene rings is 1. The second-order valence-corrected chi connectivity index (χ2v) is 4.67. The number of aryl methyl sites for hydroxylation is 1. The average molecular weight is 265 g/mol. The predicted molar refractivity (Wildman–Crippen MR) is 68.2 cm³/mol. The van der Waals surface area contributed by atoms with Crippen LogP contribution in [0.25, 0.3) is 11.3 Å². The Bertz CT molecular complexity index is 563. The fourth-order valence-corrected chi connectivity index (χ4v) is 2.32. The zero-order chi connectivity index (χ0) is 13.1. The lowest BCUT2D eigenvalue weighted by atomic mass is 10.1. The Kier molecular flexibility index (Phi) is 3.72. The topological polar surface area (TPSA) is 39.2 Å². The third-order valence-electron chi connectivity index (χ3n) is 2.46. The van der Waals surface area contributed by atoms with Crippen molar-refractivity contribution in [1.82, 2.24) is 4.37 Å². The van der Waals surface area contributed by atoms with Gasteiger partial charge in [-0.05, 0) is 49.6 Å². The first-order valence-corrected chi connectivity index (χ1v) is 6.30. The summed E-state index contributed by atoms with van der Waals surface area (Å²) in [6, 6.07) is 5.90. The summed E-state index contributed by atoms with van der Waals surface area (Å²) in [5, 5.41) is 0. The van der Waals surface area contributed by atoms with E-state index >= 15 is 0 Å². The van der Waals surface area contributed by atoms with Gasteiger partial charge in [0.1, 0.15) is 11.4 Å². The van der Waals surface area contributed by atoms with Crippen LogP contribution in [-0.2, 0) is 4.74 Å². The van der Waals surface area contributed by atoms with Crippen LogP contribution in [0.15, 0.2) is 24.3 Å². The van der Waals surface area contributed by atoms with E-state index in [1.807, 2.05) is 6.92 Å². The summed E-state index contributed by atoms with van der Waals surface area (Å²) in [7, 11) is 0. The second-order valence-electron chi connectivity index (χ2n) is 3.69. The number of ether oxygens (including phenoxy) is 1. The fraction of sp³-hybridized carbons (Fsp3) is 0.231. The molecule has 0 amide bonds. The molecule has 2 aromatic rings. The number of halogens is 1. The van der Waals surface area contributed by atoms with Crippen LogP contribution >= 0.6 is 11.5 Å². The molecule has 0 atom stereocenters. The van der Waals surface area contributed by atoms with Gasteiger partial charge in [-0.2, -0.15) is 4.37 Å². The molecule has 2 rings (SSSR count). The highest BCUT2D eigenvalue weighted by Gasteiger charge is 2.20. The second kappa shape index (κ2) is 5.27. The Morgan fingerprint density at radius 2 is 2.06 bits per heavy atom. The summed E-state index contributed by atoms with van der Waals surface area (Å²) in [5.41, 5.74) is 1.73. The molecule has 0 aliphatic rings. The third kappa shape index (κ3) is 2.41. The van der Waals surface area contributed by atoms with Crippen molar-refractivity contribution in [3.63, 3.8) is 0 Å². The molecular formula is C13H12FNO2S. The summed E-state index contributed by atoms with van der Waals surface area (Å²) in [6.07, 6.45) is 0. The van der Waals surface area contributed by atoms with Gasteiger partial charge in [-0.1, -0.05) is 0 Å². The van der Waals surface area contributed by atoms with Crippen molar-refractivity contribution in [1.29, 1.82) is 0 Å². The number of aromatic nitrogens is 1. The van der Waals surface area contributed by atoms with Crippen molar-refractivity contribution in [2.45, 2.75) is 13.8 Å². The van der Waals surface area contributed by atoms with Crippen LogP contribution in [0.2, 0.25) is 0 Å². The van der Waals surface area contributed by atoms with Crippen molar-refractivity contribution in [2.24, 2.45) is 0 Å². The van der Waals surface area contributed by atoms with Crippen molar-refractivity contribution < 1.29 is 13.9 Å². The van der Waals surface area contributed by atoms with E-state index in [0.29, 0.717) is 23.4 Å². The van der Waals surface area contributed by atoms with Gasteiger partial charge in [-0.15, -0.1) is 0 Å². The SMILES string of the molecule is CCOC(=O)c1c(-c2ccc(F)cc2)nsc1C. The quantitative estimate of drug-likeness (QED) is 0.798. The van der Waals surface area contributed by atoms with Crippen molar-refractivity contribution in [3.05, 3.63) is 40.5 Å². The Balaban J connectivity index is 2.45. The number of carbonyl (C=O) groups is 1. The molecule has 0 unspecified atom stereocenters. The van der Waals surface area contributed by atoms with E-state index in [2.05, 4.69) is 4.37 Å². The Morgan fingerprint density at radius 1 is 1.39 bits per heavy atom. The van der Waals surface area contributed by atoms with E-state index in [-0.39, 0.29) is 11.8 Å². The molecule has 0 spiro atoms. The van der Waals surface area contributed by atoms with E-state index in [1.54, 1.807) is 19.1 Å². The zero-order valence-electron chi connectivity index (χ0n) is 10.1. The van der Waals surface area contributed by atoms with Crippen molar-refractivity contribution in [2.75, 3.05) is 6.61 Å². The van der Waals surface area contributed by atoms with Crippen molar-refractivity contribution >= 4 is 17.5 Å². The summed E-state index contributed by atoms with van der Waals surface area (Å²) < 4.78 is 22.1. The van der Waals surface area contributed by atoms with Gasteiger partial charge in [0.2, 0.25) is 0 Å². The minimum absolute atomic E-state index is 0.316. The lowest BCUT2D eigenvalue weighted by Crippen LogP contribution is -2.06. The lowest BCUT2D eigenvalue weighted by molar-refractivity contribution is 0.0527. The van der Waals surface area contributed by atoms with E-state index < -0.39 is 0 Å². The van der Waals surface area contributed by atoms with Gasteiger partial charge in [0.05, 0.1) is 12.3 Å². The Labute approximate surface area is 108 Å². The van der Waals surface area contributed by atoms with Gasteiger partial charge in [0.25, 0.3) is 0 Å². The van der Waals surface area contributed by atoms with Gasteiger partial charge < -0.3 is 4.74 Å². The van der Waals surface area contributed by atoms with Crippen LogP contribution in [0, 0.1) is 12.7 Å². The van der Waals surface area contributed by atoms with Crippen LogP contribution in [0.1, 0.15) is 22.2 Å². The highest BCUT2D eigenvalue weighted by molar-refractivity contribution is 7.06. The number of esters is 1. The Hall–Kier alpha value is -1.75. The molecular weight excluding hydrogens is 253 g/mol.